The Bertz CT molecular complexity index is 606. The topological polar surface area (TPSA) is 41.6 Å². The van der Waals surface area contributed by atoms with Gasteiger partial charge in [0.15, 0.2) is 0 Å². The summed E-state index contributed by atoms with van der Waals surface area (Å²) in [5.41, 5.74) is 1.32. The molecule has 0 fully saturated rings. The van der Waals surface area contributed by atoms with Crippen LogP contribution in [0.2, 0.25) is 5.28 Å². The lowest BCUT2D eigenvalue weighted by molar-refractivity contribution is 0.629. The quantitative estimate of drug-likeness (QED) is 0.593. The van der Waals surface area contributed by atoms with E-state index in [1.54, 1.807) is 12.3 Å². The zero-order valence-corrected chi connectivity index (χ0v) is 8.22. The van der Waals surface area contributed by atoms with Gasteiger partial charge in [0, 0.05) is 17.0 Å². The molecule has 1 aromatic carbocycles. The number of rotatable bonds is 0. The Morgan fingerprint density at radius 3 is 3.00 bits per heavy atom. The Morgan fingerprint density at radius 1 is 1.27 bits per heavy atom. The van der Waals surface area contributed by atoms with Gasteiger partial charge in [-0.2, -0.15) is 4.98 Å². The molecule has 1 N–H and O–H groups in total. The summed E-state index contributed by atoms with van der Waals surface area (Å²) in [5.74, 6) is -0.284. The third-order valence-electron chi connectivity index (χ3n) is 2.28. The number of hydrogen-bond acceptors (Lipinski definition) is 2. The molecule has 0 amide bonds. The van der Waals surface area contributed by atoms with Crippen LogP contribution < -0.4 is 0 Å². The number of nitrogens with zero attached hydrogens (tertiary/aromatic N) is 2. The van der Waals surface area contributed by atoms with E-state index in [9.17, 15) is 4.39 Å². The molecule has 3 aromatic rings. The maximum absolute atomic E-state index is 13.0. The van der Waals surface area contributed by atoms with Crippen molar-refractivity contribution in [2.24, 2.45) is 0 Å². The fourth-order valence-corrected chi connectivity index (χ4v) is 1.77. The highest BCUT2D eigenvalue weighted by Crippen LogP contribution is 2.24. The van der Waals surface area contributed by atoms with Crippen LogP contribution in [0.5, 0.6) is 0 Å². The third-order valence-corrected chi connectivity index (χ3v) is 2.47. The second-order valence-electron chi connectivity index (χ2n) is 3.22. The van der Waals surface area contributed by atoms with Gasteiger partial charge in [-0.1, -0.05) is 0 Å². The number of fused-ring (bicyclic) bond motifs is 3. The molecular weight excluding hydrogens is 217 g/mol. The molecule has 2 heterocycles. The summed E-state index contributed by atoms with van der Waals surface area (Å²) in [6.45, 7) is 0. The van der Waals surface area contributed by atoms with Crippen molar-refractivity contribution < 1.29 is 4.39 Å². The van der Waals surface area contributed by atoms with Crippen molar-refractivity contribution in [3.8, 4) is 0 Å². The minimum absolute atomic E-state index is 0.175. The number of nitrogens with one attached hydrogen (secondary N) is 1. The molecule has 0 saturated heterocycles. The fraction of sp³-hybridized carbons (Fsp3) is 0. The first kappa shape index (κ1) is 8.61. The molecular formula is C10H5ClFN3. The highest BCUT2D eigenvalue weighted by atomic mass is 35.5. The van der Waals surface area contributed by atoms with Crippen molar-refractivity contribution in [1.82, 2.24) is 15.0 Å². The Morgan fingerprint density at radius 2 is 2.13 bits per heavy atom. The van der Waals surface area contributed by atoms with E-state index in [2.05, 4.69) is 15.0 Å². The number of benzene rings is 1. The zero-order chi connectivity index (χ0) is 10.4. The molecule has 5 heteroatoms. The molecule has 0 bridgehead atoms. The van der Waals surface area contributed by atoms with Crippen LogP contribution >= 0.6 is 11.6 Å². The Labute approximate surface area is 88.9 Å². The van der Waals surface area contributed by atoms with Gasteiger partial charge in [0.2, 0.25) is 5.28 Å². The number of H-pyrrole nitrogens is 1. The average molecular weight is 222 g/mol. The van der Waals surface area contributed by atoms with E-state index in [0.29, 0.717) is 11.2 Å². The van der Waals surface area contributed by atoms with Crippen LogP contribution in [0.3, 0.4) is 0 Å². The van der Waals surface area contributed by atoms with Gasteiger partial charge >= 0.3 is 0 Å². The zero-order valence-electron chi connectivity index (χ0n) is 7.46. The van der Waals surface area contributed by atoms with Crippen LogP contribution in [0.4, 0.5) is 4.39 Å². The second-order valence-corrected chi connectivity index (χ2v) is 3.55. The fourth-order valence-electron chi connectivity index (χ4n) is 1.64. The summed E-state index contributed by atoms with van der Waals surface area (Å²) in [4.78, 5) is 10.9. The first-order valence-corrected chi connectivity index (χ1v) is 4.71. The van der Waals surface area contributed by atoms with Crippen LogP contribution in [-0.4, -0.2) is 15.0 Å². The molecule has 0 spiro atoms. The van der Waals surface area contributed by atoms with Crippen LogP contribution in [0.15, 0.2) is 24.4 Å². The summed E-state index contributed by atoms with van der Waals surface area (Å²) in [6.07, 6.45) is 1.63. The molecule has 0 atom stereocenters. The van der Waals surface area contributed by atoms with Crippen molar-refractivity contribution in [1.29, 1.82) is 0 Å². The highest BCUT2D eigenvalue weighted by molar-refractivity contribution is 6.28. The third kappa shape index (κ3) is 1.26. The molecule has 0 unspecified atom stereocenters. The van der Waals surface area contributed by atoms with Crippen molar-refractivity contribution in [2.45, 2.75) is 0 Å². The van der Waals surface area contributed by atoms with Gasteiger partial charge in [0.05, 0.1) is 5.52 Å². The maximum Gasteiger partial charge on any atom is 0.224 e. The van der Waals surface area contributed by atoms with E-state index in [-0.39, 0.29) is 11.1 Å². The standard InChI is InChI=1S/C10H5ClFN3/c11-10-13-4-7-6-2-1-5(12)3-8(6)14-9(7)15-10/h1-4H,(H,13,14,15). The van der Waals surface area contributed by atoms with Crippen molar-refractivity contribution in [2.75, 3.05) is 0 Å². The average Bonchev–Trinajstić information content (AvgIpc) is 2.53. The van der Waals surface area contributed by atoms with Gasteiger partial charge in [0.1, 0.15) is 11.5 Å². The van der Waals surface area contributed by atoms with E-state index in [1.165, 1.54) is 12.1 Å². The van der Waals surface area contributed by atoms with Crippen LogP contribution in [-0.2, 0) is 0 Å². The molecule has 74 valence electrons. The summed E-state index contributed by atoms with van der Waals surface area (Å²) in [6, 6.07) is 4.52. The van der Waals surface area contributed by atoms with Gasteiger partial charge in [-0.15, -0.1) is 0 Å². The predicted octanol–water partition coefficient (Wildman–Crippen LogP) is 2.90. The van der Waals surface area contributed by atoms with E-state index < -0.39 is 0 Å². The number of hydrogen-bond donors (Lipinski definition) is 1. The largest absolute Gasteiger partial charge is 0.339 e. The van der Waals surface area contributed by atoms with E-state index in [0.717, 1.165) is 10.8 Å². The predicted molar refractivity (Wildman–Crippen MR) is 56.4 cm³/mol. The monoisotopic (exact) mass is 221 g/mol. The van der Waals surface area contributed by atoms with Gasteiger partial charge in [-0.3, -0.25) is 0 Å². The summed E-state index contributed by atoms with van der Waals surface area (Å²) >= 11 is 5.66. The first-order valence-electron chi connectivity index (χ1n) is 4.33. The van der Waals surface area contributed by atoms with E-state index in [4.69, 9.17) is 11.6 Å². The van der Waals surface area contributed by atoms with Gasteiger partial charge in [-0.05, 0) is 29.8 Å². The van der Waals surface area contributed by atoms with Gasteiger partial charge in [0.25, 0.3) is 0 Å². The second kappa shape index (κ2) is 2.90. The lowest BCUT2D eigenvalue weighted by atomic mass is 10.2. The van der Waals surface area contributed by atoms with E-state index >= 15 is 0 Å². The molecule has 3 nitrogen and oxygen atoms in total. The Balaban J connectivity index is 2.51. The number of aromatic amines is 1. The normalized spacial score (nSPS) is 11.3. The van der Waals surface area contributed by atoms with Crippen LogP contribution in [0.1, 0.15) is 0 Å². The molecule has 0 aliphatic rings. The molecule has 0 aliphatic heterocycles. The molecule has 0 aliphatic carbocycles. The van der Waals surface area contributed by atoms with Crippen LogP contribution in [0.25, 0.3) is 21.9 Å². The number of halogens is 2. The van der Waals surface area contributed by atoms with Crippen LogP contribution in [0, 0.1) is 5.82 Å². The summed E-state index contributed by atoms with van der Waals surface area (Å²) < 4.78 is 13.0. The lowest BCUT2D eigenvalue weighted by Gasteiger charge is -1.90. The Hall–Kier alpha value is -1.68. The van der Waals surface area contributed by atoms with Gasteiger partial charge < -0.3 is 4.98 Å². The highest BCUT2D eigenvalue weighted by Gasteiger charge is 2.06. The smallest absolute Gasteiger partial charge is 0.224 e. The minimum Gasteiger partial charge on any atom is -0.339 e. The van der Waals surface area contributed by atoms with Gasteiger partial charge in [-0.25, -0.2) is 9.37 Å². The molecule has 2 aromatic heterocycles. The first-order chi connectivity index (χ1) is 7.24. The maximum atomic E-state index is 13.0. The number of aromatic nitrogens is 3. The van der Waals surface area contributed by atoms with Crippen molar-refractivity contribution in [3.05, 3.63) is 35.5 Å². The van der Waals surface area contributed by atoms with Crippen molar-refractivity contribution in [3.63, 3.8) is 0 Å². The summed E-state index contributed by atoms with van der Waals surface area (Å²) in [5, 5.41) is 1.91. The molecule has 0 saturated carbocycles. The van der Waals surface area contributed by atoms with Crippen molar-refractivity contribution >= 4 is 33.5 Å². The molecule has 0 radical (unpaired) electrons. The lowest BCUT2D eigenvalue weighted by Crippen LogP contribution is -1.80. The van der Waals surface area contributed by atoms with E-state index in [1.807, 2.05) is 0 Å². The summed E-state index contributed by atoms with van der Waals surface area (Å²) in [7, 11) is 0. The Kier molecular flexibility index (Phi) is 1.67. The minimum atomic E-state index is -0.284. The molecule has 3 rings (SSSR count). The molecule has 15 heavy (non-hydrogen) atoms. The SMILES string of the molecule is Fc1ccc2c(c1)[nH]c1nc(Cl)ncc12.